The van der Waals surface area contributed by atoms with Gasteiger partial charge in [-0.1, -0.05) is 13.8 Å². The molecule has 0 bridgehead atoms. The number of hydrogen-bond donors (Lipinski definition) is 0. The van der Waals surface area contributed by atoms with Gasteiger partial charge in [-0.05, 0) is 0 Å². The van der Waals surface area contributed by atoms with Gasteiger partial charge < -0.3 is 4.90 Å². The van der Waals surface area contributed by atoms with E-state index in [1.807, 2.05) is 13.8 Å². The molecule has 1 aliphatic rings. The minimum Gasteiger partial charge on any atom is -0.349 e. The summed E-state index contributed by atoms with van der Waals surface area (Å²) < 4.78 is 0. The summed E-state index contributed by atoms with van der Waals surface area (Å²) in [6.45, 7) is 3.68. The van der Waals surface area contributed by atoms with Crippen molar-refractivity contribution in [1.82, 2.24) is 4.90 Å². The van der Waals surface area contributed by atoms with Crippen molar-refractivity contribution in [2.45, 2.75) is 20.3 Å². The molecule has 1 fully saturated rings. The van der Waals surface area contributed by atoms with E-state index in [-0.39, 0.29) is 17.6 Å². The molecule has 1 unspecified atom stereocenters. The first-order valence-electron chi connectivity index (χ1n) is 4.12. The second kappa shape index (κ2) is 2.57. The molecule has 3 nitrogen and oxygen atoms in total. The third-order valence-corrected chi connectivity index (χ3v) is 2.72. The Kier molecular flexibility index (Phi) is 1.98. The first-order chi connectivity index (χ1) is 5.37. The van der Waals surface area contributed by atoms with E-state index in [1.54, 1.807) is 19.0 Å². The quantitative estimate of drug-likeness (QED) is 0.579. The molecule has 1 saturated carbocycles. The monoisotopic (exact) mass is 169 g/mol. The van der Waals surface area contributed by atoms with Gasteiger partial charge >= 0.3 is 0 Å². The molecule has 68 valence electrons. The second-order valence-corrected chi connectivity index (χ2v) is 4.13. The summed E-state index contributed by atoms with van der Waals surface area (Å²) >= 11 is 0. The summed E-state index contributed by atoms with van der Waals surface area (Å²) in [5.74, 6) is 0.169. The molecular weight excluding hydrogens is 154 g/mol. The number of carbonyl (C=O) groups is 2. The van der Waals surface area contributed by atoms with Gasteiger partial charge in [-0.2, -0.15) is 0 Å². The fourth-order valence-corrected chi connectivity index (χ4v) is 1.47. The second-order valence-electron chi connectivity index (χ2n) is 4.13. The molecule has 0 aromatic rings. The fraction of sp³-hybridized carbons (Fsp3) is 0.778. The number of ketones is 1. The normalized spacial score (nSPS) is 26.3. The van der Waals surface area contributed by atoms with Crippen LogP contribution < -0.4 is 0 Å². The van der Waals surface area contributed by atoms with E-state index in [0.29, 0.717) is 6.42 Å². The van der Waals surface area contributed by atoms with Crippen LogP contribution in [-0.4, -0.2) is 30.7 Å². The van der Waals surface area contributed by atoms with E-state index < -0.39 is 5.41 Å². The lowest BCUT2D eigenvalue weighted by Crippen LogP contribution is -2.52. The Labute approximate surface area is 72.7 Å². The van der Waals surface area contributed by atoms with E-state index in [4.69, 9.17) is 0 Å². The van der Waals surface area contributed by atoms with Crippen molar-refractivity contribution in [3.05, 3.63) is 0 Å². The van der Waals surface area contributed by atoms with E-state index in [9.17, 15) is 9.59 Å². The highest BCUT2D eigenvalue weighted by Gasteiger charge is 2.51. The fourth-order valence-electron chi connectivity index (χ4n) is 1.47. The molecule has 1 aliphatic carbocycles. The average Bonchev–Trinajstić information content (AvgIpc) is 1.98. The standard InChI is InChI=1S/C9H15NO2/c1-9(2)6(5-7(9)11)8(12)10(3)4/h6H,5H2,1-4H3. The van der Waals surface area contributed by atoms with E-state index >= 15 is 0 Å². The van der Waals surface area contributed by atoms with Crippen LogP contribution in [-0.2, 0) is 9.59 Å². The molecule has 0 N–H and O–H groups in total. The molecule has 0 aromatic carbocycles. The van der Waals surface area contributed by atoms with Crippen LogP contribution in [0.4, 0.5) is 0 Å². The number of nitrogens with zero attached hydrogens (tertiary/aromatic N) is 1. The van der Waals surface area contributed by atoms with Crippen LogP contribution in [0.5, 0.6) is 0 Å². The molecule has 0 aliphatic heterocycles. The van der Waals surface area contributed by atoms with Gasteiger partial charge in [-0.15, -0.1) is 0 Å². The van der Waals surface area contributed by atoms with Crippen molar-refractivity contribution in [3.8, 4) is 0 Å². The first-order valence-corrected chi connectivity index (χ1v) is 4.12. The average molecular weight is 169 g/mol. The predicted octanol–water partition coefficient (Wildman–Crippen LogP) is 0.690. The maximum absolute atomic E-state index is 11.5. The van der Waals surface area contributed by atoms with Crippen LogP contribution >= 0.6 is 0 Å². The van der Waals surface area contributed by atoms with Gasteiger partial charge in [-0.3, -0.25) is 9.59 Å². The lowest BCUT2D eigenvalue weighted by Gasteiger charge is -2.42. The molecule has 1 atom stereocenters. The molecule has 1 amide bonds. The van der Waals surface area contributed by atoms with Crippen LogP contribution in [0.1, 0.15) is 20.3 Å². The number of amides is 1. The van der Waals surface area contributed by atoms with Gasteiger partial charge in [-0.25, -0.2) is 0 Å². The number of carbonyl (C=O) groups excluding carboxylic acids is 2. The smallest absolute Gasteiger partial charge is 0.226 e. The van der Waals surface area contributed by atoms with Crippen molar-refractivity contribution in [2.75, 3.05) is 14.1 Å². The summed E-state index contributed by atoms with van der Waals surface area (Å²) in [6.07, 6.45) is 0.421. The predicted molar refractivity (Wildman–Crippen MR) is 45.6 cm³/mol. The minimum atomic E-state index is -0.429. The van der Waals surface area contributed by atoms with Crippen LogP contribution in [0, 0.1) is 11.3 Å². The SMILES string of the molecule is CN(C)C(=O)C1CC(=O)C1(C)C. The third-order valence-electron chi connectivity index (χ3n) is 2.72. The summed E-state index contributed by atoms with van der Waals surface area (Å²) in [5.41, 5.74) is -0.429. The molecule has 0 spiro atoms. The van der Waals surface area contributed by atoms with E-state index in [1.165, 1.54) is 0 Å². The van der Waals surface area contributed by atoms with Crippen molar-refractivity contribution < 1.29 is 9.59 Å². The van der Waals surface area contributed by atoms with Gasteiger partial charge in [0.15, 0.2) is 0 Å². The first kappa shape index (κ1) is 9.23. The Morgan fingerprint density at radius 3 is 2.25 bits per heavy atom. The zero-order valence-corrected chi connectivity index (χ0v) is 8.05. The molecular formula is C9H15NO2. The minimum absolute atomic E-state index is 0.0691. The highest BCUT2D eigenvalue weighted by atomic mass is 16.2. The van der Waals surface area contributed by atoms with Crippen LogP contribution in [0.15, 0.2) is 0 Å². The Morgan fingerprint density at radius 2 is 2.00 bits per heavy atom. The maximum atomic E-state index is 11.5. The van der Waals surface area contributed by atoms with Crippen LogP contribution in [0.25, 0.3) is 0 Å². The Hall–Kier alpha value is -0.860. The third kappa shape index (κ3) is 1.13. The van der Waals surface area contributed by atoms with Gasteiger partial charge in [0.05, 0.1) is 5.92 Å². The van der Waals surface area contributed by atoms with E-state index in [0.717, 1.165) is 0 Å². The van der Waals surface area contributed by atoms with Gasteiger partial charge in [0, 0.05) is 25.9 Å². The van der Waals surface area contributed by atoms with Gasteiger partial charge in [0.25, 0.3) is 0 Å². The van der Waals surface area contributed by atoms with Crippen molar-refractivity contribution in [1.29, 1.82) is 0 Å². The molecule has 0 aromatic heterocycles. The molecule has 3 heteroatoms. The number of rotatable bonds is 1. The molecule has 0 heterocycles. The highest BCUT2D eigenvalue weighted by Crippen LogP contribution is 2.43. The highest BCUT2D eigenvalue weighted by molar-refractivity contribution is 6.00. The maximum Gasteiger partial charge on any atom is 0.226 e. The van der Waals surface area contributed by atoms with Crippen molar-refractivity contribution in [2.24, 2.45) is 11.3 Å². The van der Waals surface area contributed by atoms with Crippen molar-refractivity contribution in [3.63, 3.8) is 0 Å². The largest absolute Gasteiger partial charge is 0.349 e. The summed E-state index contributed by atoms with van der Waals surface area (Å²) in [6, 6.07) is 0. The molecule has 1 rings (SSSR count). The van der Waals surface area contributed by atoms with Crippen molar-refractivity contribution >= 4 is 11.7 Å². The van der Waals surface area contributed by atoms with Crippen LogP contribution in [0.3, 0.4) is 0 Å². The zero-order chi connectivity index (χ0) is 9.52. The molecule has 0 saturated heterocycles. The topological polar surface area (TPSA) is 37.4 Å². The lowest BCUT2D eigenvalue weighted by atomic mass is 9.61. The summed E-state index contributed by atoms with van der Waals surface area (Å²) in [4.78, 5) is 24.1. The molecule has 0 radical (unpaired) electrons. The van der Waals surface area contributed by atoms with E-state index in [2.05, 4.69) is 0 Å². The summed E-state index contributed by atoms with van der Waals surface area (Å²) in [7, 11) is 3.45. The summed E-state index contributed by atoms with van der Waals surface area (Å²) in [5, 5.41) is 0. The zero-order valence-electron chi connectivity index (χ0n) is 8.05. The van der Waals surface area contributed by atoms with Gasteiger partial charge in [0.2, 0.25) is 5.91 Å². The Bertz CT molecular complexity index is 231. The Balaban J connectivity index is 2.70. The lowest BCUT2D eigenvalue weighted by molar-refractivity contribution is -0.156. The number of Topliss-reactive ketones (excluding diaryl/α,β-unsaturated/α-hetero) is 1. The van der Waals surface area contributed by atoms with Gasteiger partial charge in [0.1, 0.15) is 5.78 Å². The Morgan fingerprint density at radius 1 is 1.50 bits per heavy atom. The molecule has 12 heavy (non-hydrogen) atoms. The van der Waals surface area contributed by atoms with Crippen LogP contribution in [0.2, 0.25) is 0 Å². The number of hydrogen-bond acceptors (Lipinski definition) is 2.